The van der Waals surface area contributed by atoms with Crippen molar-refractivity contribution in [1.82, 2.24) is 9.80 Å². The van der Waals surface area contributed by atoms with E-state index in [0.717, 1.165) is 15.4 Å². The second kappa shape index (κ2) is 4.97. The second-order valence-corrected chi connectivity index (χ2v) is 4.14. The standard InChI is InChI=1S/C12H12N4O3/c1-15-11(17)9(14-19)10(13)16(12(15)18)7-8-5-3-2-4-6-8/h2-6,9,13H,7H2,1H3. The van der Waals surface area contributed by atoms with Crippen molar-refractivity contribution in [2.45, 2.75) is 12.6 Å². The third kappa shape index (κ3) is 2.22. The van der Waals surface area contributed by atoms with Crippen LogP contribution < -0.4 is 0 Å². The molecular formula is C12H12N4O3. The highest BCUT2D eigenvalue weighted by Crippen LogP contribution is 2.17. The van der Waals surface area contributed by atoms with Crippen molar-refractivity contribution >= 4 is 17.8 Å². The van der Waals surface area contributed by atoms with Gasteiger partial charge in [0.25, 0.3) is 5.91 Å². The van der Waals surface area contributed by atoms with Crippen molar-refractivity contribution in [3.05, 3.63) is 40.8 Å². The summed E-state index contributed by atoms with van der Waals surface area (Å²) in [5, 5.41) is 10.4. The number of benzene rings is 1. The molecule has 1 aromatic carbocycles. The number of amides is 3. The van der Waals surface area contributed by atoms with E-state index in [-0.39, 0.29) is 12.4 Å². The Morgan fingerprint density at radius 2 is 1.89 bits per heavy atom. The molecule has 0 bridgehead atoms. The second-order valence-electron chi connectivity index (χ2n) is 4.14. The lowest BCUT2D eigenvalue weighted by Gasteiger charge is -2.34. The van der Waals surface area contributed by atoms with Crippen LogP contribution in [0.25, 0.3) is 0 Å². The highest BCUT2D eigenvalue weighted by atomic mass is 16.3. The van der Waals surface area contributed by atoms with Crippen LogP contribution in [0.5, 0.6) is 0 Å². The third-order valence-corrected chi connectivity index (χ3v) is 2.92. The molecule has 2 rings (SSSR count). The first-order chi connectivity index (χ1) is 9.06. The van der Waals surface area contributed by atoms with Gasteiger partial charge >= 0.3 is 6.03 Å². The summed E-state index contributed by atoms with van der Waals surface area (Å²) in [6.45, 7) is 0.127. The Balaban J connectivity index is 2.28. The fourth-order valence-electron chi connectivity index (χ4n) is 1.84. The molecule has 0 spiro atoms. The quantitative estimate of drug-likeness (QED) is 0.827. The van der Waals surface area contributed by atoms with Crippen LogP contribution in [0.1, 0.15) is 5.56 Å². The first-order valence-corrected chi connectivity index (χ1v) is 5.60. The lowest BCUT2D eigenvalue weighted by molar-refractivity contribution is -0.128. The zero-order valence-corrected chi connectivity index (χ0v) is 10.2. The van der Waals surface area contributed by atoms with E-state index in [1.807, 2.05) is 6.07 Å². The molecule has 0 aliphatic carbocycles. The summed E-state index contributed by atoms with van der Waals surface area (Å²) in [5.41, 5.74) is 0.799. The van der Waals surface area contributed by atoms with Gasteiger partial charge in [-0.2, -0.15) is 0 Å². The summed E-state index contributed by atoms with van der Waals surface area (Å²) in [4.78, 5) is 36.1. The van der Waals surface area contributed by atoms with Crippen molar-refractivity contribution in [1.29, 1.82) is 5.41 Å². The predicted molar refractivity (Wildman–Crippen MR) is 67.5 cm³/mol. The first-order valence-electron chi connectivity index (χ1n) is 5.60. The molecule has 7 nitrogen and oxygen atoms in total. The molecule has 1 saturated heterocycles. The molecule has 98 valence electrons. The normalized spacial score (nSPS) is 19.8. The van der Waals surface area contributed by atoms with Gasteiger partial charge in [0.05, 0.1) is 6.54 Å². The van der Waals surface area contributed by atoms with Crippen LogP contribution >= 0.6 is 0 Å². The molecule has 0 radical (unpaired) electrons. The number of hydrogen-bond donors (Lipinski definition) is 1. The fourth-order valence-corrected chi connectivity index (χ4v) is 1.84. The van der Waals surface area contributed by atoms with Gasteiger partial charge in [0.1, 0.15) is 5.84 Å². The SMILES string of the molecule is CN1C(=O)C(N=O)C(=N)N(Cc2ccccc2)C1=O. The molecule has 1 aliphatic rings. The number of urea groups is 1. The van der Waals surface area contributed by atoms with Crippen LogP contribution in [0.4, 0.5) is 4.79 Å². The van der Waals surface area contributed by atoms with Crippen LogP contribution in [0.15, 0.2) is 35.5 Å². The van der Waals surface area contributed by atoms with E-state index in [0.29, 0.717) is 0 Å². The predicted octanol–water partition coefficient (Wildman–Crippen LogP) is 1.19. The maximum absolute atomic E-state index is 12.0. The van der Waals surface area contributed by atoms with Crippen molar-refractivity contribution in [2.24, 2.45) is 5.18 Å². The molecule has 1 fully saturated rings. The molecule has 1 unspecified atom stereocenters. The number of nitrogens with one attached hydrogen (secondary N) is 1. The van der Waals surface area contributed by atoms with Crippen molar-refractivity contribution in [3.63, 3.8) is 0 Å². The number of hydrogen-bond acceptors (Lipinski definition) is 5. The summed E-state index contributed by atoms with van der Waals surface area (Å²) in [7, 11) is 1.27. The highest BCUT2D eigenvalue weighted by molar-refractivity contribution is 6.19. The summed E-state index contributed by atoms with van der Waals surface area (Å²) in [5.74, 6) is -1.15. The number of amidine groups is 1. The van der Waals surface area contributed by atoms with Gasteiger partial charge < -0.3 is 0 Å². The molecule has 0 saturated carbocycles. The van der Waals surface area contributed by atoms with E-state index in [9.17, 15) is 14.5 Å². The number of nitroso groups, excluding NO2 is 1. The Morgan fingerprint density at radius 3 is 2.47 bits per heavy atom. The van der Waals surface area contributed by atoms with Gasteiger partial charge in [-0.15, -0.1) is 4.91 Å². The molecule has 1 aromatic rings. The molecule has 19 heavy (non-hydrogen) atoms. The highest BCUT2D eigenvalue weighted by Gasteiger charge is 2.42. The van der Waals surface area contributed by atoms with E-state index in [1.165, 1.54) is 7.05 Å². The Hall–Kier alpha value is -2.57. The summed E-state index contributed by atoms with van der Waals surface area (Å²) in [6, 6.07) is 6.94. The van der Waals surface area contributed by atoms with Gasteiger partial charge in [0.2, 0.25) is 6.04 Å². The Morgan fingerprint density at radius 1 is 1.26 bits per heavy atom. The van der Waals surface area contributed by atoms with E-state index in [1.54, 1.807) is 24.3 Å². The largest absolute Gasteiger partial charge is 0.332 e. The lowest BCUT2D eigenvalue weighted by Crippen LogP contribution is -2.59. The minimum absolute atomic E-state index is 0.127. The van der Waals surface area contributed by atoms with E-state index in [2.05, 4.69) is 5.18 Å². The first kappa shape index (κ1) is 12.9. The monoisotopic (exact) mass is 260 g/mol. The van der Waals surface area contributed by atoms with Gasteiger partial charge in [0.15, 0.2) is 0 Å². The minimum Gasteiger partial charge on any atom is -0.286 e. The number of imide groups is 1. The van der Waals surface area contributed by atoms with Crippen LogP contribution in [-0.2, 0) is 11.3 Å². The van der Waals surface area contributed by atoms with Crippen molar-refractivity contribution in [2.75, 3.05) is 7.05 Å². The van der Waals surface area contributed by atoms with Crippen molar-refractivity contribution < 1.29 is 9.59 Å². The molecule has 7 heteroatoms. The summed E-state index contributed by atoms with van der Waals surface area (Å²) < 4.78 is 0. The number of carbonyl (C=O) groups excluding carboxylic acids is 2. The lowest BCUT2D eigenvalue weighted by atomic mass is 10.1. The summed E-state index contributed by atoms with van der Waals surface area (Å²) >= 11 is 0. The Labute approximate surface area is 109 Å². The Kier molecular flexibility index (Phi) is 3.37. The fraction of sp³-hybridized carbons (Fsp3) is 0.250. The van der Waals surface area contributed by atoms with Crippen LogP contribution in [0.2, 0.25) is 0 Å². The van der Waals surface area contributed by atoms with Gasteiger partial charge in [-0.25, -0.2) is 4.79 Å². The topological polar surface area (TPSA) is 93.9 Å². The van der Waals surface area contributed by atoms with Crippen LogP contribution in [0.3, 0.4) is 0 Å². The molecule has 1 N–H and O–H groups in total. The number of carbonyl (C=O) groups is 2. The maximum Gasteiger partial charge on any atom is 0.332 e. The van der Waals surface area contributed by atoms with Crippen LogP contribution in [-0.4, -0.2) is 40.7 Å². The average Bonchev–Trinajstić information content (AvgIpc) is 2.43. The number of likely N-dealkylation sites (N-methyl/N-ethyl adjacent to an activating group) is 1. The van der Waals surface area contributed by atoms with Gasteiger partial charge in [-0.3, -0.25) is 20.0 Å². The minimum atomic E-state index is -1.45. The molecule has 1 atom stereocenters. The zero-order chi connectivity index (χ0) is 14.0. The maximum atomic E-state index is 12.0. The molecule has 1 heterocycles. The summed E-state index contributed by atoms with van der Waals surface area (Å²) in [6.07, 6.45) is 0. The molecule has 0 aromatic heterocycles. The van der Waals surface area contributed by atoms with Crippen molar-refractivity contribution in [3.8, 4) is 0 Å². The van der Waals surface area contributed by atoms with E-state index in [4.69, 9.17) is 5.41 Å². The smallest absolute Gasteiger partial charge is 0.286 e. The van der Waals surface area contributed by atoms with Gasteiger partial charge in [-0.05, 0) is 10.7 Å². The van der Waals surface area contributed by atoms with Gasteiger partial charge in [0, 0.05) is 7.05 Å². The number of rotatable bonds is 3. The number of nitrogens with zero attached hydrogens (tertiary/aromatic N) is 3. The molecule has 1 aliphatic heterocycles. The van der Waals surface area contributed by atoms with E-state index < -0.39 is 18.0 Å². The molecular weight excluding hydrogens is 248 g/mol. The zero-order valence-electron chi connectivity index (χ0n) is 10.2. The van der Waals surface area contributed by atoms with Crippen LogP contribution in [0, 0.1) is 10.3 Å². The van der Waals surface area contributed by atoms with Gasteiger partial charge in [-0.1, -0.05) is 30.3 Å². The third-order valence-electron chi connectivity index (χ3n) is 2.92. The van der Waals surface area contributed by atoms with E-state index >= 15 is 0 Å². The molecule has 3 amide bonds. The average molecular weight is 260 g/mol. The Bertz CT molecular complexity index is 543.